The summed E-state index contributed by atoms with van der Waals surface area (Å²) in [6, 6.07) is 4.71. The number of benzene rings is 1. The molecule has 14 heavy (non-hydrogen) atoms. The van der Waals surface area contributed by atoms with Gasteiger partial charge >= 0.3 is 0 Å². The Bertz CT molecular complexity index is 299. The van der Waals surface area contributed by atoms with Gasteiger partial charge in [-0.05, 0) is 37.6 Å². The highest BCUT2D eigenvalue weighted by molar-refractivity contribution is 5.28. The van der Waals surface area contributed by atoms with E-state index in [1.165, 1.54) is 6.07 Å². The molecule has 78 valence electrons. The van der Waals surface area contributed by atoms with Crippen molar-refractivity contribution < 1.29 is 13.9 Å². The molecule has 0 saturated carbocycles. The van der Waals surface area contributed by atoms with Crippen LogP contribution in [0.3, 0.4) is 0 Å². The summed E-state index contributed by atoms with van der Waals surface area (Å²) in [4.78, 5) is 0. The van der Waals surface area contributed by atoms with Crippen LogP contribution in [-0.4, -0.2) is 19.8 Å². The molecule has 1 rings (SSSR count). The third-order valence-corrected chi connectivity index (χ3v) is 1.87. The molecule has 0 heterocycles. The summed E-state index contributed by atoms with van der Waals surface area (Å²) in [6.07, 6.45) is -0.0233. The van der Waals surface area contributed by atoms with Crippen LogP contribution in [0.2, 0.25) is 0 Å². The van der Waals surface area contributed by atoms with Crippen molar-refractivity contribution in [3.8, 4) is 5.75 Å². The summed E-state index contributed by atoms with van der Waals surface area (Å²) in [5.74, 6) is 0.463. The minimum atomic E-state index is -0.211. The van der Waals surface area contributed by atoms with E-state index >= 15 is 0 Å². The Morgan fingerprint density at radius 3 is 2.71 bits per heavy atom. The van der Waals surface area contributed by atoms with Crippen molar-refractivity contribution in [1.29, 1.82) is 0 Å². The lowest BCUT2D eigenvalue weighted by molar-refractivity contribution is 0.0920. The van der Waals surface area contributed by atoms with Crippen molar-refractivity contribution in [3.05, 3.63) is 29.6 Å². The second kappa shape index (κ2) is 4.96. The van der Waals surface area contributed by atoms with E-state index in [-0.39, 0.29) is 11.9 Å². The Morgan fingerprint density at radius 2 is 2.14 bits per heavy atom. The normalized spacial score (nSPS) is 12.6. The highest BCUT2D eigenvalue weighted by Gasteiger charge is 2.04. The minimum Gasteiger partial charge on any atom is -0.488 e. The molecule has 1 atom stereocenters. The highest BCUT2D eigenvalue weighted by Crippen LogP contribution is 2.17. The summed E-state index contributed by atoms with van der Waals surface area (Å²) in [6.45, 7) is 4.14. The van der Waals surface area contributed by atoms with Gasteiger partial charge in [0.15, 0.2) is 0 Å². The molecule has 2 nitrogen and oxygen atoms in total. The van der Waals surface area contributed by atoms with Crippen LogP contribution in [-0.2, 0) is 4.74 Å². The van der Waals surface area contributed by atoms with Crippen molar-refractivity contribution in [1.82, 2.24) is 0 Å². The number of hydrogen-bond donors (Lipinski definition) is 0. The van der Waals surface area contributed by atoms with E-state index in [9.17, 15) is 4.39 Å². The van der Waals surface area contributed by atoms with Crippen molar-refractivity contribution >= 4 is 0 Å². The Morgan fingerprint density at radius 1 is 1.43 bits per heavy atom. The molecule has 1 aromatic carbocycles. The second-order valence-corrected chi connectivity index (χ2v) is 3.29. The molecule has 3 heteroatoms. The molecule has 1 unspecified atom stereocenters. The fourth-order valence-electron chi connectivity index (χ4n) is 1.19. The van der Waals surface area contributed by atoms with Gasteiger partial charge in [-0.2, -0.15) is 0 Å². The SMILES string of the molecule is COCC(C)Oc1ccc(F)c(C)c1. The summed E-state index contributed by atoms with van der Waals surface area (Å²) in [5, 5.41) is 0. The van der Waals surface area contributed by atoms with Gasteiger partial charge in [0.2, 0.25) is 0 Å². The maximum absolute atomic E-state index is 12.9. The molecule has 0 aliphatic rings. The maximum Gasteiger partial charge on any atom is 0.126 e. The van der Waals surface area contributed by atoms with E-state index in [1.54, 1.807) is 26.2 Å². The van der Waals surface area contributed by atoms with Crippen LogP contribution in [0.1, 0.15) is 12.5 Å². The van der Waals surface area contributed by atoms with Gasteiger partial charge in [0.1, 0.15) is 17.7 Å². The number of hydrogen-bond acceptors (Lipinski definition) is 2. The van der Waals surface area contributed by atoms with E-state index in [2.05, 4.69) is 0 Å². The molecule has 0 saturated heterocycles. The quantitative estimate of drug-likeness (QED) is 0.740. The predicted molar refractivity (Wildman–Crippen MR) is 53.1 cm³/mol. The van der Waals surface area contributed by atoms with Crippen LogP contribution >= 0.6 is 0 Å². The van der Waals surface area contributed by atoms with Crippen molar-refractivity contribution in [2.24, 2.45) is 0 Å². The van der Waals surface area contributed by atoms with Crippen LogP contribution < -0.4 is 4.74 Å². The molecule has 0 aliphatic heterocycles. The lowest BCUT2D eigenvalue weighted by atomic mass is 10.2. The van der Waals surface area contributed by atoms with Gasteiger partial charge in [-0.25, -0.2) is 4.39 Å². The third-order valence-electron chi connectivity index (χ3n) is 1.87. The molecule has 0 spiro atoms. The third kappa shape index (κ3) is 3.00. The van der Waals surface area contributed by atoms with E-state index in [0.29, 0.717) is 17.9 Å². The largest absolute Gasteiger partial charge is 0.488 e. The molecule has 0 N–H and O–H groups in total. The van der Waals surface area contributed by atoms with Crippen molar-refractivity contribution in [2.75, 3.05) is 13.7 Å². The average molecular weight is 198 g/mol. The van der Waals surface area contributed by atoms with Crippen LogP contribution in [0, 0.1) is 12.7 Å². The first kappa shape index (κ1) is 11.0. The molecular weight excluding hydrogens is 183 g/mol. The Hall–Kier alpha value is -1.09. The van der Waals surface area contributed by atoms with Gasteiger partial charge in [-0.3, -0.25) is 0 Å². The van der Waals surface area contributed by atoms with Crippen LogP contribution in [0.25, 0.3) is 0 Å². The smallest absolute Gasteiger partial charge is 0.126 e. The number of aryl methyl sites for hydroxylation is 1. The zero-order chi connectivity index (χ0) is 10.6. The fourth-order valence-corrected chi connectivity index (χ4v) is 1.19. The first-order valence-electron chi connectivity index (χ1n) is 4.55. The van der Waals surface area contributed by atoms with Gasteiger partial charge in [-0.15, -0.1) is 0 Å². The Kier molecular flexibility index (Phi) is 3.89. The van der Waals surface area contributed by atoms with Crippen LogP contribution in [0.5, 0.6) is 5.75 Å². The molecule has 0 aromatic heterocycles. The maximum atomic E-state index is 12.9. The van der Waals surface area contributed by atoms with Crippen molar-refractivity contribution in [3.63, 3.8) is 0 Å². The first-order chi connectivity index (χ1) is 6.63. The molecular formula is C11H15FO2. The van der Waals surface area contributed by atoms with E-state index in [0.717, 1.165) is 0 Å². The topological polar surface area (TPSA) is 18.5 Å². The van der Waals surface area contributed by atoms with Gasteiger partial charge < -0.3 is 9.47 Å². The van der Waals surface area contributed by atoms with Crippen LogP contribution in [0.15, 0.2) is 18.2 Å². The lowest BCUT2D eigenvalue weighted by Crippen LogP contribution is -2.17. The van der Waals surface area contributed by atoms with E-state index in [4.69, 9.17) is 9.47 Å². The number of methoxy groups -OCH3 is 1. The summed E-state index contributed by atoms with van der Waals surface area (Å²) < 4.78 is 23.3. The van der Waals surface area contributed by atoms with Gasteiger partial charge in [-0.1, -0.05) is 0 Å². The van der Waals surface area contributed by atoms with Crippen LogP contribution in [0.4, 0.5) is 4.39 Å². The van der Waals surface area contributed by atoms with E-state index < -0.39 is 0 Å². The number of rotatable bonds is 4. The fraction of sp³-hybridized carbons (Fsp3) is 0.455. The minimum absolute atomic E-state index is 0.0233. The molecule has 0 amide bonds. The van der Waals surface area contributed by atoms with Crippen molar-refractivity contribution in [2.45, 2.75) is 20.0 Å². The molecule has 1 aromatic rings. The molecule has 0 fully saturated rings. The summed E-state index contributed by atoms with van der Waals surface area (Å²) >= 11 is 0. The Balaban J connectivity index is 2.63. The number of halogens is 1. The Labute approximate surface area is 83.6 Å². The summed E-state index contributed by atoms with van der Waals surface area (Å²) in [7, 11) is 1.62. The van der Waals surface area contributed by atoms with E-state index in [1.807, 2.05) is 6.92 Å². The van der Waals surface area contributed by atoms with Gasteiger partial charge in [0.25, 0.3) is 0 Å². The first-order valence-corrected chi connectivity index (χ1v) is 4.55. The number of ether oxygens (including phenoxy) is 2. The second-order valence-electron chi connectivity index (χ2n) is 3.29. The zero-order valence-corrected chi connectivity index (χ0v) is 8.71. The monoisotopic (exact) mass is 198 g/mol. The molecule has 0 bridgehead atoms. The molecule has 0 radical (unpaired) electrons. The van der Waals surface area contributed by atoms with Gasteiger partial charge in [0.05, 0.1) is 6.61 Å². The summed E-state index contributed by atoms with van der Waals surface area (Å²) in [5.41, 5.74) is 0.590. The average Bonchev–Trinajstić information content (AvgIpc) is 2.12. The zero-order valence-electron chi connectivity index (χ0n) is 8.71. The predicted octanol–water partition coefficient (Wildman–Crippen LogP) is 2.55. The lowest BCUT2D eigenvalue weighted by Gasteiger charge is -2.13. The van der Waals surface area contributed by atoms with Gasteiger partial charge in [0, 0.05) is 7.11 Å². The highest BCUT2D eigenvalue weighted by atomic mass is 19.1. The standard InChI is InChI=1S/C11H15FO2/c1-8-6-10(4-5-11(8)12)14-9(2)7-13-3/h4-6,9H,7H2,1-3H3. The molecule has 0 aliphatic carbocycles.